The molecule has 0 aliphatic carbocycles. The molecule has 0 saturated heterocycles. The number of carbonyl (C=O) groups is 1. The minimum atomic E-state index is -0.212. The van der Waals surface area contributed by atoms with Crippen LogP contribution in [0.4, 0.5) is 5.69 Å². The van der Waals surface area contributed by atoms with Crippen LogP contribution in [-0.2, 0) is 16.1 Å². The van der Waals surface area contributed by atoms with Crippen LogP contribution in [0.2, 0.25) is 5.02 Å². The summed E-state index contributed by atoms with van der Waals surface area (Å²) in [7, 11) is 0. The Kier molecular flexibility index (Phi) is 4.91. The highest BCUT2D eigenvalue weighted by molar-refractivity contribution is 7.18. The lowest BCUT2D eigenvalue weighted by Crippen LogP contribution is -2.18. The Morgan fingerprint density at radius 3 is 2.96 bits per heavy atom. The molecule has 1 aromatic heterocycles. The summed E-state index contributed by atoms with van der Waals surface area (Å²) in [5.41, 5.74) is 2.61. The molecule has 0 bridgehead atoms. The number of nitrogens with one attached hydrogen (secondary N) is 1. The van der Waals surface area contributed by atoms with Gasteiger partial charge in [0.1, 0.15) is 11.6 Å². The fraction of sp³-hybridized carbons (Fsp3) is 0.176. The van der Waals surface area contributed by atoms with E-state index in [2.05, 4.69) is 10.3 Å². The summed E-state index contributed by atoms with van der Waals surface area (Å²) in [6, 6.07) is 13.3. The molecule has 4 nitrogen and oxygen atoms in total. The summed E-state index contributed by atoms with van der Waals surface area (Å²) in [5, 5.41) is 4.24. The average molecular weight is 347 g/mol. The summed E-state index contributed by atoms with van der Waals surface area (Å²) in [5.74, 6) is -0.212. The van der Waals surface area contributed by atoms with Gasteiger partial charge in [0.05, 0.1) is 16.8 Å². The van der Waals surface area contributed by atoms with Crippen LogP contribution >= 0.6 is 22.9 Å². The van der Waals surface area contributed by atoms with Crippen LogP contribution in [0.1, 0.15) is 10.6 Å². The van der Waals surface area contributed by atoms with Crippen LogP contribution in [0.3, 0.4) is 0 Å². The van der Waals surface area contributed by atoms with Crippen molar-refractivity contribution >= 4 is 44.7 Å². The third-order valence-electron chi connectivity index (χ3n) is 3.27. The number of benzene rings is 2. The number of para-hydroxylation sites is 1. The highest BCUT2D eigenvalue weighted by Gasteiger charge is 2.08. The number of thiazole rings is 1. The molecule has 1 heterocycles. The zero-order valence-corrected chi connectivity index (χ0v) is 14.1. The van der Waals surface area contributed by atoms with Crippen molar-refractivity contribution in [2.75, 3.05) is 11.9 Å². The van der Waals surface area contributed by atoms with Gasteiger partial charge in [0, 0.05) is 10.7 Å². The van der Waals surface area contributed by atoms with E-state index in [1.54, 1.807) is 23.5 Å². The first kappa shape index (κ1) is 15.9. The number of ether oxygens (including phenoxy) is 1. The van der Waals surface area contributed by atoms with Crippen molar-refractivity contribution < 1.29 is 9.53 Å². The van der Waals surface area contributed by atoms with Gasteiger partial charge in [-0.3, -0.25) is 4.79 Å². The Balaban J connectivity index is 1.53. The van der Waals surface area contributed by atoms with Crippen LogP contribution in [0, 0.1) is 6.92 Å². The number of fused-ring (bicyclic) bond motifs is 1. The number of nitrogens with zero attached hydrogens (tertiary/aromatic N) is 1. The van der Waals surface area contributed by atoms with Gasteiger partial charge in [-0.15, -0.1) is 11.3 Å². The molecule has 118 valence electrons. The SMILES string of the molecule is Cc1ccc(Cl)cc1NC(=O)COCc1nc2ccccc2s1. The van der Waals surface area contributed by atoms with Gasteiger partial charge in [0.2, 0.25) is 5.91 Å². The number of rotatable bonds is 5. The maximum atomic E-state index is 11.9. The fourth-order valence-corrected chi connectivity index (χ4v) is 3.20. The van der Waals surface area contributed by atoms with E-state index in [4.69, 9.17) is 16.3 Å². The Morgan fingerprint density at radius 1 is 1.30 bits per heavy atom. The number of hydrogen-bond acceptors (Lipinski definition) is 4. The highest BCUT2D eigenvalue weighted by Crippen LogP contribution is 2.22. The molecule has 1 amide bonds. The van der Waals surface area contributed by atoms with E-state index in [-0.39, 0.29) is 12.5 Å². The lowest BCUT2D eigenvalue weighted by molar-refractivity contribution is -0.121. The first-order valence-electron chi connectivity index (χ1n) is 7.10. The van der Waals surface area contributed by atoms with Gasteiger partial charge >= 0.3 is 0 Å². The predicted octanol–water partition coefficient (Wildman–Crippen LogP) is 4.41. The zero-order chi connectivity index (χ0) is 16.2. The van der Waals surface area contributed by atoms with Crippen LogP contribution in [-0.4, -0.2) is 17.5 Å². The number of aromatic nitrogens is 1. The lowest BCUT2D eigenvalue weighted by Gasteiger charge is -2.08. The quantitative estimate of drug-likeness (QED) is 0.744. The van der Waals surface area contributed by atoms with E-state index >= 15 is 0 Å². The first-order chi connectivity index (χ1) is 11.1. The fourth-order valence-electron chi connectivity index (χ4n) is 2.13. The largest absolute Gasteiger partial charge is 0.364 e. The molecule has 3 aromatic rings. The predicted molar refractivity (Wildman–Crippen MR) is 94.1 cm³/mol. The van der Waals surface area contributed by atoms with E-state index < -0.39 is 0 Å². The third-order valence-corrected chi connectivity index (χ3v) is 4.52. The van der Waals surface area contributed by atoms with Crippen molar-refractivity contribution in [3.63, 3.8) is 0 Å². The molecular formula is C17H15ClN2O2S. The Bertz CT molecular complexity index is 814. The van der Waals surface area contributed by atoms with Crippen molar-refractivity contribution in [1.82, 2.24) is 4.98 Å². The van der Waals surface area contributed by atoms with Gasteiger partial charge in [0.15, 0.2) is 0 Å². The zero-order valence-electron chi connectivity index (χ0n) is 12.5. The van der Waals surface area contributed by atoms with Crippen molar-refractivity contribution in [3.8, 4) is 0 Å². The van der Waals surface area contributed by atoms with Crippen molar-refractivity contribution in [2.24, 2.45) is 0 Å². The molecule has 0 atom stereocenters. The third kappa shape index (κ3) is 4.07. The summed E-state index contributed by atoms with van der Waals surface area (Å²) < 4.78 is 6.57. The molecule has 3 rings (SSSR count). The Labute approximate surface area is 143 Å². The Morgan fingerprint density at radius 2 is 2.13 bits per heavy atom. The van der Waals surface area contributed by atoms with E-state index in [1.165, 1.54) is 0 Å². The molecule has 0 spiro atoms. The molecule has 0 fully saturated rings. The Hall–Kier alpha value is -1.95. The minimum absolute atomic E-state index is 0.0259. The minimum Gasteiger partial charge on any atom is -0.364 e. The van der Waals surface area contributed by atoms with E-state index in [9.17, 15) is 4.79 Å². The van der Waals surface area contributed by atoms with E-state index in [1.807, 2.05) is 37.3 Å². The summed E-state index contributed by atoms with van der Waals surface area (Å²) in [6.07, 6.45) is 0. The molecular weight excluding hydrogens is 332 g/mol. The molecule has 0 aliphatic rings. The molecule has 1 N–H and O–H groups in total. The van der Waals surface area contributed by atoms with Crippen LogP contribution in [0.5, 0.6) is 0 Å². The second kappa shape index (κ2) is 7.08. The first-order valence-corrected chi connectivity index (χ1v) is 8.29. The molecule has 0 saturated carbocycles. The summed E-state index contributed by atoms with van der Waals surface area (Å²) in [4.78, 5) is 16.4. The molecule has 0 unspecified atom stereocenters. The molecule has 0 aliphatic heterocycles. The molecule has 2 aromatic carbocycles. The second-order valence-electron chi connectivity index (χ2n) is 5.08. The number of halogens is 1. The van der Waals surface area contributed by atoms with Gasteiger partial charge in [-0.25, -0.2) is 4.98 Å². The average Bonchev–Trinajstić information content (AvgIpc) is 2.93. The molecule has 6 heteroatoms. The van der Waals surface area contributed by atoms with Gasteiger partial charge in [-0.1, -0.05) is 29.8 Å². The van der Waals surface area contributed by atoms with Crippen LogP contribution in [0.25, 0.3) is 10.2 Å². The standard InChI is InChI=1S/C17H15ClN2O2S/c1-11-6-7-12(18)8-14(11)19-16(21)9-22-10-17-20-13-4-2-3-5-15(13)23-17/h2-8H,9-10H2,1H3,(H,19,21). The topological polar surface area (TPSA) is 51.2 Å². The normalized spacial score (nSPS) is 10.9. The number of carbonyl (C=O) groups excluding carboxylic acids is 1. The van der Waals surface area contributed by atoms with Crippen molar-refractivity contribution in [2.45, 2.75) is 13.5 Å². The van der Waals surface area contributed by atoms with Crippen LogP contribution < -0.4 is 5.32 Å². The van der Waals surface area contributed by atoms with Crippen LogP contribution in [0.15, 0.2) is 42.5 Å². The number of hydrogen-bond donors (Lipinski definition) is 1. The van der Waals surface area contributed by atoms with Gasteiger partial charge in [-0.2, -0.15) is 0 Å². The second-order valence-corrected chi connectivity index (χ2v) is 6.63. The summed E-state index contributed by atoms with van der Waals surface area (Å²) in [6.45, 7) is 2.21. The lowest BCUT2D eigenvalue weighted by atomic mass is 10.2. The monoisotopic (exact) mass is 346 g/mol. The van der Waals surface area contributed by atoms with Crippen molar-refractivity contribution in [1.29, 1.82) is 0 Å². The van der Waals surface area contributed by atoms with E-state index in [0.29, 0.717) is 17.3 Å². The van der Waals surface area contributed by atoms with Gasteiger partial charge < -0.3 is 10.1 Å². The number of anilines is 1. The summed E-state index contributed by atoms with van der Waals surface area (Å²) >= 11 is 7.51. The highest BCUT2D eigenvalue weighted by atomic mass is 35.5. The number of amides is 1. The number of aryl methyl sites for hydroxylation is 1. The molecule has 0 radical (unpaired) electrons. The maximum absolute atomic E-state index is 11.9. The smallest absolute Gasteiger partial charge is 0.250 e. The van der Waals surface area contributed by atoms with Gasteiger partial charge in [0.25, 0.3) is 0 Å². The van der Waals surface area contributed by atoms with Gasteiger partial charge in [-0.05, 0) is 36.8 Å². The molecule has 23 heavy (non-hydrogen) atoms. The van der Waals surface area contributed by atoms with Crippen molar-refractivity contribution in [3.05, 3.63) is 58.1 Å². The maximum Gasteiger partial charge on any atom is 0.250 e. The van der Waals surface area contributed by atoms with E-state index in [0.717, 1.165) is 20.8 Å².